The highest BCUT2D eigenvalue weighted by Crippen LogP contribution is 2.44. The standard InChI is InChI=1S/C39H49ClN4O4/c1-6-42-19-20-43(25-38(42)46)32-13-7-27(8-14-32)24-41(4)31-15-17-33(18-16-31)44-37(45)22-29-21-35(47-5)36(48-26(2)3)23-34(29)39(44)28-9-11-30(40)12-10-28/h9-12,15-18,21,23,26-27,32,39H,6-8,13-14,19-20,22,24-25H2,1-5H3/t27-,32-,39-/m0/s1. The quantitative estimate of drug-likeness (QED) is 0.232. The number of anilines is 2. The number of nitrogens with zero attached hydrogens (tertiary/aromatic N) is 4. The summed E-state index contributed by atoms with van der Waals surface area (Å²) in [5, 5.41) is 0.650. The van der Waals surface area contributed by atoms with Gasteiger partial charge >= 0.3 is 0 Å². The molecule has 256 valence electrons. The number of carbonyl (C=O) groups is 2. The Kier molecular flexibility index (Phi) is 10.5. The maximum absolute atomic E-state index is 13.9. The van der Waals surface area contributed by atoms with Crippen LogP contribution in [0.5, 0.6) is 11.5 Å². The van der Waals surface area contributed by atoms with Crippen molar-refractivity contribution in [1.29, 1.82) is 0 Å². The van der Waals surface area contributed by atoms with Crippen LogP contribution in [0.4, 0.5) is 11.4 Å². The SMILES string of the molecule is CCN1CCN([C@H]2CC[C@H](CN(C)c3ccc(N4C(=O)Cc5cc(OC)c(OC(C)C)cc5[C@@H]4c4ccc(Cl)cc4)cc3)CC2)CC1=O. The van der Waals surface area contributed by atoms with Gasteiger partial charge in [0, 0.05) is 55.7 Å². The van der Waals surface area contributed by atoms with Gasteiger partial charge in [0.1, 0.15) is 0 Å². The van der Waals surface area contributed by atoms with Gasteiger partial charge in [-0.15, -0.1) is 0 Å². The van der Waals surface area contributed by atoms with E-state index < -0.39 is 0 Å². The number of halogens is 1. The van der Waals surface area contributed by atoms with Crippen LogP contribution in [0.1, 0.15) is 69.2 Å². The molecule has 1 saturated heterocycles. The summed E-state index contributed by atoms with van der Waals surface area (Å²) in [4.78, 5) is 35.0. The summed E-state index contributed by atoms with van der Waals surface area (Å²) in [5.41, 5.74) is 4.91. The van der Waals surface area contributed by atoms with Crippen LogP contribution >= 0.6 is 11.6 Å². The van der Waals surface area contributed by atoms with E-state index in [2.05, 4.69) is 48.0 Å². The first-order valence-electron chi connectivity index (χ1n) is 17.4. The summed E-state index contributed by atoms with van der Waals surface area (Å²) in [6, 6.07) is 20.3. The fraction of sp³-hybridized carbons (Fsp3) is 0.487. The third-order valence-corrected chi connectivity index (χ3v) is 10.6. The Balaban J connectivity index is 1.18. The number of fused-ring (bicyclic) bond motifs is 1. The molecule has 0 N–H and O–H groups in total. The fourth-order valence-electron chi connectivity index (χ4n) is 7.75. The van der Waals surface area contributed by atoms with E-state index in [9.17, 15) is 9.59 Å². The molecule has 2 aliphatic heterocycles. The van der Waals surface area contributed by atoms with Crippen molar-refractivity contribution >= 4 is 34.8 Å². The molecule has 0 unspecified atom stereocenters. The second kappa shape index (κ2) is 14.8. The van der Waals surface area contributed by atoms with Crippen molar-refractivity contribution in [1.82, 2.24) is 9.80 Å². The number of amides is 2. The Morgan fingerprint density at radius 1 is 0.917 bits per heavy atom. The zero-order valence-electron chi connectivity index (χ0n) is 29.0. The van der Waals surface area contributed by atoms with Gasteiger partial charge in [-0.3, -0.25) is 14.5 Å². The minimum Gasteiger partial charge on any atom is -0.493 e. The van der Waals surface area contributed by atoms with E-state index in [1.54, 1.807) is 7.11 Å². The molecule has 1 saturated carbocycles. The summed E-state index contributed by atoms with van der Waals surface area (Å²) in [5.74, 6) is 2.21. The van der Waals surface area contributed by atoms with E-state index in [-0.39, 0.29) is 30.4 Å². The summed E-state index contributed by atoms with van der Waals surface area (Å²) in [6.07, 6.45) is 4.89. The molecule has 48 heavy (non-hydrogen) atoms. The number of likely N-dealkylation sites (N-methyl/N-ethyl adjacent to an activating group) is 1. The lowest BCUT2D eigenvalue weighted by atomic mass is 9.84. The van der Waals surface area contributed by atoms with Gasteiger partial charge in [0.15, 0.2) is 11.5 Å². The Morgan fingerprint density at radius 2 is 1.62 bits per heavy atom. The van der Waals surface area contributed by atoms with Crippen LogP contribution in [0, 0.1) is 5.92 Å². The van der Waals surface area contributed by atoms with E-state index in [0.29, 0.717) is 35.0 Å². The molecule has 2 heterocycles. The molecule has 9 heteroatoms. The van der Waals surface area contributed by atoms with Gasteiger partial charge in [-0.25, -0.2) is 0 Å². The predicted octanol–water partition coefficient (Wildman–Crippen LogP) is 6.97. The van der Waals surface area contributed by atoms with E-state index in [0.717, 1.165) is 67.1 Å². The molecule has 0 bridgehead atoms. The number of carbonyl (C=O) groups excluding carboxylic acids is 2. The van der Waals surface area contributed by atoms with Crippen LogP contribution in [0.25, 0.3) is 0 Å². The van der Waals surface area contributed by atoms with Crippen molar-refractivity contribution in [3.8, 4) is 11.5 Å². The van der Waals surface area contributed by atoms with Gasteiger partial charge in [0.05, 0.1) is 32.2 Å². The first-order valence-corrected chi connectivity index (χ1v) is 17.8. The predicted molar refractivity (Wildman–Crippen MR) is 193 cm³/mol. The first-order chi connectivity index (χ1) is 23.1. The van der Waals surface area contributed by atoms with Gasteiger partial charge in [0.25, 0.3) is 0 Å². The van der Waals surface area contributed by atoms with E-state index >= 15 is 0 Å². The van der Waals surface area contributed by atoms with Crippen LogP contribution in [-0.2, 0) is 16.0 Å². The van der Waals surface area contributed by atoms with Crippen molar-refractivity contribution in [2.24, 2.45) is 5.92 Å². The number of rotatable bonds is 10. The summed E-state index contributed by atoms with van der Waals surface area (Å²) < 4.78 is 11.8. The molecule has 3 aromatic rings. The molecule has 6 rings (SSSR count). The maximum atomic E-state index is 13.9. The molecule has 1 aliphatic carbocycles. The smallest absolute Gasteiger partial charge is 0.236 e. The molecular weight excluding hydrogens is 624 g/mol. The van der Waals surface area contributed by atoms with Crippen LogP contribution in [-0.4, -0.2) is 80.6 Å². The highest BCUT2D eigenvalue weighted by molar-refractivity contribution is 6.30. The molecular formula is C39H49ClN4O4. The zero-order chi connectivity index (χ0) is 33.9. The third kappa shape index (κ3) is 7.30. The minimum atomic E-state index is -0.349. The number of methoxy groups -OCH3 is 1. The molecule has 3 aromatic carbocycles. The zero-order valence-corrected chi connectivity index (χ0v) is 29.7. The summed E-state index contributed by atoms with van der Waals surface area (Å²) in [7, 11) is 3.79. The Labute approximate surface area is 290 Å². The first kappa shape index (κ1) is 34.1. The monoisotopic (exact) mass is 672 g/mol. The second-order valence-corrected chi connectivity index (χ2v) is 14.2. The van der Waals surface area contributed by atoms with Crippen LogP contribution in [0.2, 0.25) is 5.02 Å². The van der Waals surface area contributed by atoms with E-state index in [1.165, 1.54) is 12.8 Å². The largest absolute Gasteiger partial charge is 0.493 e. The number of piperazine rings is 1. The number of hydrogen-bond acceptors (Lipinski definition) is 6. The molecule has 1 atom stereocenters. The molecule has 8 nitrogen and oxygen atoms in total. The number of hydrogen-bond donors (Lipinski definition) is 0. The average Bonchev–Trinajstić information content (AvgIpc) is 3.08. The normalized spacial score (nSPS) is 21.8. The van der Waals surface area contributed by atoms with Crippen molar-refractivity contribution in [3.63, 3.8) is 0 Å². The lowest BCUT2D eigenvalue weighted by Crippen LogP contribution is -2.54. The van der Waals surface area contributed by atoms with Gasteiger partial charge in [-0.1, -0.05) is 23.7 Å². The number of ether oxygens (including phenoxy) is 2. The van der Waals surface area contributed by atoms with Crippen molar-refractivity contribution in [3.05, 3.63) is 82.4 Å². The van der Waals surface area contributed by atoms with Gasteiger partial charge in [0.2, 0.25) is 11.8 Å². The van der Waals surface area contributed by atoms with Crippen LogP contribution < -0.4 is 19.3 Å². The molecule has 0 spiro atoms. The topological polar surface area (TPSA) is 65.6 Å². The minimum absolute atomic E-state index is 0.0257. The third-order valence-electron chi connectivity index (χ3n) is 10.3. The van der Waals surface area contributed by atoms with E-state index in [1.807, 2.05) is 60.0 Å². The van der Waals surface area contributed by atoms with Crippen LogP contribution in [0.15, 0.2) is 60.7 Å². The lowest BCUT2D eigenvalue weighted by molar-refractivity contribution is -0.137. The molecule has 0 aromatic heterocycles. The van der Waals surface area contributed by atoms with Gasteiger partial charge < -0.3 is 24.2 Å². The molecule has 2 fully saturated rings. The average molecular weight is 673 g/mol. The Hall–Kier alpha value is -3.75. The maximum Gasteiger partial charge on any atom is 0.236 e. The van der Waals surface area contributed by atoms with Gasteiger partial charge in [-0.2, -0.15) is 0 Å². The number of benzene rings is 3. The van der Waals surface area contributed by atoms with Crippen molar-refractivity contribution in [2.45, 2.75) is 71.1 Å². The van der Waals surface area contributed by atoms with Gasteiger partial charge in [-0.05, 0) is 118 Å². The highest BCUT2D eigenvalue weighted by Gasteiger charge is 2.36. The highest BCUT2D eigenvalue weighted by atomic mass is 35.5. The summed E-state index contributed by atoms with van der Waals surface area (Å²) in [6.45, 7) is 10.3. The van der Waals surface area contributed by atoms with Crippen molar-refractivity contribution < 1.29 is 19.1 Å². The fourth-order valence-corrected chi connectivity index (χ4v) is 7.88. The van der Waals surface area contributed by atoms with Crippen LogP contribution in [0.3, 0.4) is 0 Å². The Bertz CT molecular complexity index is 1590. The Morgan fingerprint density at radius 3 is 2.25 bits per heavy atom. The summed E-state index contributed by atoms with van der Waals surface area (Å²) >= 11 is 6.29. The van der Waals surface area contributed by atoms with Crippen molar-refractivity contribution in [2.75, 3.05) is 56.7 Å². The lowest BCUT2D eigenvalue weighted by Gasteiger charge is -2.41. The molecule has 3 aliphatic rings. The second-order valence-electron chi connectivity index (χ2n) is 13.8. The molecule has 2 amide bonds. The van der Waals surface area contributed by atoms with E-state index in [4.69, 9.17) is 21.1 Å². The molecule has 0 radical (unpaired) electrons.